The Morgan fingerprint density at radius 1 is 1.05 bits per heavy atom. The molecule has 1 unspecified atom stereocenters. The minimum Gasteiger partial charge on any atom is -0.486 e. The highest BCUT2D eigenvalue weighted by atomic mass is 35.5. The highest BCUT2D eigenvalue weighted by Gasteiger charge is 2.26. The Kier molecular flexibility index (Phi) is 7.65. The van der Waals surface area contributed by atoms with E-state index >= 15 is 0 Å². The number of halogens is 1. The molecule has 2 aromatic carbocycles. The Morgan fingerprint density at radius 2 is 1.90 bits per heavy atom. The number of nitrogen functional groups attached to an aromatic ring is 1. The van der Waals surface area contributed by atoms with E-state index < -0.39 is 0 Å². The topological polar surface area (TPSA) is 144 Å². The van der Waals surface area contributed by atoms with Gasteiger partial charge in [-0.25, -0.2) is 9.97 Å². The summed E-state index contributed by atoms with van der Waals surface area (Å²) >= 11 is 6.54. The Labute approximate surface area is 229 Å². The maximum atomic E-state index is 12.4. The number of carbonyl (C=O) groups is 2. The zero-order valence-electron chi connectivity index (χ0n) is 20.6. The molecular formula is C28H24ClN7O3. The summed E-state index contributed by atoms with van der Waals surface area (Å²) in [5.74, 6) is 0.923. The number of ether oxygens (including phenoxy) is 1. The van der Waals surface area contributed by atoms with Gasteiger partial charge in [-0.1, -0.05) is 23.7 Å². The number of nitrogens with two attached hydrogens (primary N) is 1. The molecule has 196 valence electrons. The number of anilines is 2. The first-order chi connectivity index (χ1) is 18.9. The zero-order valence-corrected chi connectivity index (χ0v) is 21.4. The third-order valence-electron chi connectivity index (χ3n) is 5.94. The number of hydrogen-bond acceptors (Lipinski definition) is 8. The van der Waals surface area contributed by atoms with Crippen molar-refractivity contribution in [3.63, 3.8) is 0 Å². The average molecular weight is 542 g/mol. The standard InChI is InChI=1S/C28H24ClN7O3/c29-23-13-20(18-3-5-19(6-4-18)28(38)36-35-25-16-31-9-10-32-25)11-21-12-22(39-27(21)23)15-34-26(37)8-2-17-1-7-24(30)33-14-17/h1-11,13-14,16,22H,12,15H2,(H2,30,33)(H,32,35)(H,34,37)(H,36,38). The largest absolute Gasteiger partial charge is 0.486 e. The van der Waals surface area contributed by atoms with Crippen LogP contribution in [0.3, 0.4) is 0 Å². The normalized spacial score (nSPS) is 13.9. The number of nitrogens with zero attached hydrogens (tertiary/aromatic N) is 3. The van der Waals surface area contributed by atoms with Crippen LogP contribution in [0.4, 0.5) is 11.6 Å². The van der Waals surface area contributed by atoms with Gasteiger partial charge >= 0.3 is 0 Å². The number of rotatable bonds is 8. The van der Waals surface area contributed by atoms with Crippen molar-refractivity contribution in [3.05, 3.63) is 101 Å². The number of pyridine rings is 1. The van der Waals surface area contributed by atoms with Crippen LogP contribution >= 0.6 is 11.6 Å². The van der Waals surface area contributed by atoms with Crippen molar-refractivity contribution in [1.29, 1.82) is 0 Å². The number of hydrogen-bond donors (Lipinski definition) is 4. The summed E-state index contributed by atoms with van der Waals surface area (Å²) in [5, 5.41) is 3.34. The molecule has 39 heavy (non-hydrogen) atoms. The van der Waals surface area contributed by atoms with Crippen molar-refractivity contribution < 1.29 is 14.3 Å². The first-order valence-electron chi connectivity index (χ1n) is 12.0. The predicted molar refractivity (Wildman–Crippen MR) is 149 cm³/mol. The monoisotopic (exact) mass is 541 g/mol. The van der Waals surface area contributed by atoms with E-state index in [-0.39, 0.29) is 17.9 Å². The Morgan fingerprint density at radius 3 is 2.64 bits per heavy atom. The summed E-state index contributed by atoms with van der Waals surface area (Å²) < 4.78 is 6.00. The van der Waals surface area contributed by atoms with E-state index in [9.17, 15) is 9.59 Å². The average Bonchev–Trinajstić information content (AvgIpc) is 3.39. The molecule has 0 saturated carbocycles. The highest BCUT2D eigenvalue weighted by Crippen LogP contribution is 2.39. The second kappa shape index (κ2) is 11.6. The van der Waals surface area contributed by atoms with Gasteiger partial charge in [-0.05, 0) is 59.2 Å². The van der Waals surface area contributed by atoms with E-state index in [4.69, 9.17) is 22.1 Å². The number of carbonyl (C=O) groups excluding carboxylic acids is 2. The van der Waals surface area contributed by atoms with E-state index in [1.54, 1.807) is 42.7 Å². The Balaban J connectivity index is 1.17. The maximum Gasteiger partial charge on any atom is 0.269 e. The number of nitrogens with one attached hydrogen (secondary N) is 3. The van der Waals surface area contributed by atoms with Gasteiger partial charge in [0.1, 0.15) is 17.7 Å². The number of amides is 2. The summed E-state index contributed by atoms with van der Waals surface area (Å²) in [5.41, 5.74) is 14.9. The van der Waals surface area contributed by atoms with Crippen LogP contribution in [-0.4, -0.2) is 39.4 Å². The van der Waals surface area contributed by atoms with E-state index in [0.29, 0.717) is 40.9 Å². The minimum absolute atomic E-state index is 0.240. The summed E-state index contributed by atoms with van der Waals surface area (Å²) in [4.78, 5) is 36.7. The number of benzene rings is 2. The fraction of sp³-hybridized carbons (Fsp3) is 0.107. The molecule has 5 rings (SSSR count). The summed E-state index contributed by atoms with van der Waals surface area (Å²) in [6.07, 6.45) is 9.63. The van der Waals surface area contributed by atoms with Crippen LogP contribution < -0.4 is 26.6 Å². The lowest BCUT2D eigenvalue weighted by Gasteiger charge is -2.11. The molecule has 0 radical (unpaired) electrons. The van der Waals surface area contributed by atoms with Crippen LogP contribution in [-0.2, 0) is 11.2 Å². The fourth-order valence-corrected chi connectivity index (χ4v) is 4.28. The molecule has 0 bridgehead atoms. The quantitative estimate of drug-likeness (QED) is 0.195. The highest BCUT2D eigenvalue weighted by molar-refractivity contribution is 6.32. The lowest BCUT2D eigenvalue weighted by atomic mass is 10.00. The maximum absolute atomic E-state index is 12.4. The van der Waals surface area contributed by atoms with Crippen LogP contribution in [0.25, 0.3) is 17.2 Å². The first-order valence-corrected chi connectivity index (χ1v) is 12.4. The summed E-state index contributed by atoms with van der Waals surface area (Å²) in [7, 11) is 0. The lowest BCUT2D eigenvalue weighted by molar-refractivity contribution is -0.116. The van der Waals surface area contributed by atoms with Gasteiger partial charge in [0.15, 0.2) is 5.82 Å². The van der Waals surface area contributed by atoms with Crippen LogP contribution in [0.5, 0.6) is 5.75 Å². The van der Waals surface area contributed by atoms with Gasteiger partial charge < -0.3 is 15.8 Å². The smallest absolute Gasteiger partial charge is 0.269 e. The van der Waals surface area contributed by atoms with Crippen LogP contribution in [0.15, 0.2) is 79.4 Å². The molecule has 1 aliphatic heterocycles. The molecule has 5 N–H and O–H groups in total. The summed E-state index contributed by atoms with van der Waals surface area (Å²) in [6.45, 7) is 0.329. The molecule has 4 aromatic rings. The Bertz CT molecular complexity index is 1510. The second-order valence-corrected chi connectivity index (χ2v) is 9.14. The molecular weight excluding hydrogens is 518 g/mol. The molecule has 3 heterocycles. The van der Waals surface area contributed by atoms with Crippen molar-refractivity contribution in [1.82, 2.24) is 25.7 Å². The molecule has 1 atom stereocenters. The molecule has 1 aliphatic rings. The molecule has 0 fully saturated rings. The van der Waals surface area contributed by atoms with Crippen molar-refractivity contribution in [2.45, 2.75) is 12.5 Å². The molecule has 0 aliphatic carbocycles. The molecule has 2 amide bonds. The fourth-order valence-electron chi connectivity index (χ4n) is 4.00. The van der Waals surface area contributed by atoms with Crippen molar-refractivity contribution in [2.75, 3.05) is 17.7 Å². The van der Waals surface area contributed by atoms with Crippen LogP contribution in [0.2, 0.25) is 5.02 Å². The van der Waals surface area contributed by atoms with Crippen LogP contribution in [0.1, 0.15) is 21.5 Å². The van der Waals surface area contributed by atoms with Crippen molar-refractivity contribution >= 4 is 41.1 Å². The molecule has 11 heteroatoms. The lowest BCUT2D eigenvalue weighted by Crippen LogP contribution is -2.33. The second-order valence-electron chi connectivity index (χ2n) is 8.73. The number of fused-ring (bicyclic) bond motifs is 1. The predicted octanol–water partition coefficient (Wildman–Crippen LogP) is 3.66. The first kappa shape index (κ1) is 25.7. The van der Waals surface area contributed by atoms with E-state index in [2.05, 4.69) is 31.1 Å². The minimum atomic E-state index is -0.308. The van der Waals surface area contributed by atoms with Gasteiger partial charge in [0.05, 0.1) is 17.8 Å². The molecule has 10 nitrogen and oxygen atoms in total. The van der Waals surface area contributed by atoms with E-state index in [1.807, 2.05) is 24.3 Å². The third kappa shape index (κ3) is 6.49. The molecule has 0 spiro atoms. The summed E-state index contributed by atoms with van der Waals surface area (Å²) in [6, 6.07) is 14.5. The van der Waals surface area contributed by atoms with Crippen LogP contribution in [0, 0.1) is 0 Å². The van der Waals surface area contributed by atoms with Gasteiger partial charge in [-0.15, -0.1) is 0 Å². The molecule has 2 aromatic heterocycles. The van der Waals surface area contributed by atoms with Gasteiger partial charge in [0.2, 0.25) is 5.91 Å². The number of hydrazine groups is 1. The van der Waals surface area contributed by atoms with Crippen molar-refractivity contribution in [2.24, 2.45) is 0 Å². The van der Waals surface area contributed by atoms with E-state index in [1.165, 1.54) is 18.5 Å². The van der Waals surface area contributed by atoms with Gasteiger partial charge in [0, 0.05) is 42.2 Å². The SMILES string of the molecule is Nc1ccc(C=CC(=O)NCC2Cc3cc(-c4ccc(C(=O)NNc5cnccn5)cc4)cc(Cl)c3O2)cn1. The van der Waals surface area contributed by atoms with Gasteiger partial charge in [-0.3, -0.25) is 25.4 Å². The molecule has 0 saturated heterocycles. The van der Waals surface area contributed by atoms with Gasteiger partial charge in [-0.2, -0.15) is 0 Å². The Hall–Kier alpha value is -4.96. The third-order valence-corrected chi connectivity index (χ3v) is 6.22. The van der Waals surface area contributed by atoms with Gasteiger partial charge in [0.25, 0.3) is 5.91 Å². The van der Waals surface area contributed by atoms with E-state index in [0.717, 1.165) is 22.3 Å². The van der Waals surface area contributed by atoms with Crippen molar-refractivity contribution in [3.8, 4) is 16.9 Å². The number of aromatic nitrogens is 3. The zero-order chi connectivity index (χ0) is 27.2.